The van der Waals surface area contributed by atoms with Gasteiger partial charge >= 0.3 is 5.97 Å². The first-order valence-electron chi connectivity index (χ1n) is 8.04. The summed E-state index contributed by atoms with van der Waals surface area (Å²) in [5, 5.41) is 11.3. The molecular weight excluding hydrogens is 358 g/mol. The van der Waals surface area contributed by atoms with Gasteiger partial charge in [-0.1, -0.05) is 18.2 Å². The maximum absolute atomic E-state index is 12.9. The van der Waals surface area contributed by atoms with Gasteiger partial charge in [0.2, 0.25) is 11.8 Å². The second kappa shape index (κ2) is 6.31. The van der Waals surface area contributed by atoms with Crippen LogP contribution >= 0.6 is 11.8 Å². The highest BCUT2D eigenvalue weighted by Gasteiger charge is 2.57. The monoisotopic (exact) mass is 377 g/mol. The predicted molar refractivity (Wildman–Crippen MR) is 94.2 cm³/mol. The summed E-state index contributed by atoms with van der Waals surface area (Å²) in [5.41, 5.74) is 6.45. The molecule has 2 aliphatic heterocycles. The van der Waals surface area contributed by atoms with Gasteiger partial charge in [0.05, 0.1) is 6.42 Å². The molecule has 8 nitrogen and oxygen atoms in total. The van der Waals surface area contributed by atoms with E-state index < -0.39 is 41.0 Å². The van der Waals surface area contributed by atoms with Gasteiger partial charge < -0.3 is 21.1 Å². The van der Waals surface area contributed by atoms with Gasteiger partial charge in [-0.15, -0.1) is 11.8 Å². The number of hydrogen-bond donors (Lipinski definition) is 3. The van der Waals surface area contributed by atoms with Crippen molar-refractivity contribution in [1.29, 1.82) is 0 Å². The molecular formula is C17H19N3O5S. The zero-order valence-electron chi connectivity index (χ0n) is 14.3. The number of fused-ring (bicyclic) bond motifs is 3. The van der Waals surface area contributed by atoms with E-state index in [4.69, 9.17) is 5.73 Å². The van der Waals surface area contributed by atoms with Crippen molar-refractivity contribution in [2.45, 2.75) is 42.5 Å². The minimum absolute atomic E-state index is 0.259. The van der Waals surface area contributed by atoms with Crippen LogP contribution in [0.25, 0.3) is 0 Å². The third-order valence-electron chi connectivity index (χ3n) is 4.56. The maximum Gasteiger partial charge on any atom is 0.326 e. The summed E-state index contributed by atoms with van der Waals surface area (Å²) in [6, 6.07) is 4.87. The molecule has 1 aromatic carbocycles. The van der Waals surface area contributed by atoms with Gasteiger partial charge in [-0.2, -0.15) is 0 Å². The number of carboxylic acids is 1. The van der Waals surface area contributed by atoms with Crippen molar-refractivity contribution in [1.82, 2.24) is 10.2 Å². The number of thioether (sulfide) groups is 1. The van der Waals surface area contributed by atoms with Crippen molar-refractivity contribution >= 4 is 35.5 Å². The Bertz CT molecular complexity index is 809. The van der Waals surface area contributed by atoms with E-state index in [0.717, 1.165) is 5.56 Å². The van der Waals surface area contributed by atoms with Crippen LogP contribution in [0.3, 0.4) is 0 Å². The summed E-state index contributed by atoms with van der Waals surface area (Å²) in [6.07, 6.45) is -0.515. The number of carboxylic acid groups (broad SMARTS) is 1. The molecule has 3 amide bonds. The molecule has 2 aliphatic rings. The smallest absolute Gasteiger partial charge is 0.326 e. The number of nitrogens with zero attached hydrogens (tertiary/aromatic N) is 1. The van der Waals surface area contributed by atoms with E-state index in [2.05, 4.69) is 5.32 Å². The third kappa shape index (κ3) is 2.92. The minimum atomic E-state index is -1.43. The largest absolute Gasteiger partial charge is 0.480 e. The highest BCUT2D eigenvalue weighted by atomic mass is 32.2. The van der Waals surface area contributed by atoms with Gasteiger partial charge in [-0.05, 0) is 25.5 Å². The lowest BCUT2D eigenvalue weighted by Gasteiger charge is -2.30. The SMILES string of the molecule is CC1(C)S[C@H]2c3ccccc3C(=O)N2[C@@H]1C(=O)N[C@@H](CC(N)=O)C(=O)O. The van der Waals surface area contributed by atoms with Crippen molar-refractivity contribution in [2.24, 2.45) is 5.73 Å². The van der Waals surface area contributed by atoms with Gasteiger partial charge in [0.15, 0.2) is 0 Å². The number of amides is 3. The van der Waals surface area contributed by atoms with E-state index in [9.17, 15) is 24.3 Å². The molecule has 0 bridgehead atoms. The highest BCUT2D eigenvalue weighted by Crippen LogP contribution is 2.56. The van der Waals surface area contributed by atoms with E-state index in [1.54, 1.807) is 12.1 Å². The third-order valence-corrected chi connectivity index (χ3v) is 6.10. The van der Waals surface area contributed by atoms with Crippen molar-refractivity contribution in [2.75, 3.05) is 0 Å². The topological polar surface area (TPSA) is 130 Å². The van der Waals surface area contributed by atoms with Gasteiger partial charge in [0.25, 0.3) is 5.91 Å². The molecule has 26 heavy (non-hydrogen) atoms. The van der Waals surface area contributed by atoms with Crippen LogP contribution in [0.5, 0.6) is 0 Å². The Labute approximate surface area is 154 Å². The summed E-state index contributed by atoms with van der Waals surface area (Å²) in [6.45, 7) is 3.67. The summed E-state index contributed by atoms with van der Waals surface area (Å²) in [7, 11) is 0. The molecule has 0 saturated carbocycles. The van der Waals surface area contributed by atoms with Crippen molar-refractivity contribution < 1.29 is 24.3 Å². The lowest BCUT2D eigenvalue weighted by molar-refractivity contribution is -0.144. The first kappa shape index (κ1) is 18.2. The van der Waals surface area contributed by atoms with E-state index in [0.29, 0.717) is 5.56 Å². The second-order valence-corrected chi connectivity index (χ2v) is 8.58. The molecule has 0 unspecified atom stereocenters. The molecule has 0 radical (unpaired) electrons. The summed E-state index contributed by atoms with van der Waals surface area (Å²) >= 11 is 1.48. The van der Waals surface area contributed by atoms with Crippen LogP contribution in [0.4, 0.5) is 0 Å². The Morgan fingerprint density at radius 1 is 1.35 bits per heavy atom. The Kier molecular flexibility index (Phi) is 4.43. The van der Waals surface area contributed by atoms with Gasteiger partial charge in [0.1, 0.15) is 17.5 Å². The second-order valence-electron chi connectivity index (χ2n) is 6.85. The number of rotatable bonds is 5. The quantitative estimate of drug-likeness (QED) is 0.684. The standard InChI is InChI=1S/C17H19N3O5S/c1-17(2)12(13(22)19-10(16(24)25)7-11(18)21)20-14(23)8-5-3-4-6-9(8)15(20)26-17/h3-6,10,12,15H,7H2,1-2H3,(H2,18,21)(H,19,22)(H,24,25)/t10-,12+,15-/m0/s1. The van der Waals surface area contributed by atoms with Gasteiger partial charge in [-0.25, -0.2) is 4.79 Å². The van der Waals surface area contributed by atoms with Crippen molar-refractivity contribution in [3.05, 3.63) is 35.4 Å². The predicted octanol–water partition coefficient (Wildman–Crippen LogP) is 0.480. The normalized spacial score (nSPS) is 23.9. The zero-order chi connectivity index (χ0) is 19.2. The lowest BCUT2D eigenvalue weighted by Crippen LogP contribution is -2.56. The number of hydrogen-bond acceptors (Lipinski definition) is 5. The van der Waals surface area contributed by atoms with Crippen LogP contribution < -0.4 is 11.1 Å². The van der Waals surface area contributed by atoms with Crippen LogP contribution in [0.15, 0.2) is 24.3 Å². The molecule has 0 aliphatic carbocycles. The lowest BCUT2D eigenvalue weighted by atomic mass is 10.00. The molecule has 2 heterocycles. The maximum atomic E-state index is 12.9. The molecule has 1 aromatic rings. The summed E-state index contributed by atoms with van der Waals surface area (Å²) in [5.74, 6) is -3.06. The average molecular weight is 377 g/mol. The van der Waals surface area contributed by atoms with E-state index in [1.807, 2.05) is 26.0 Å². The molecule has 138 valence electrons. The fourth-order valence-corrected chi connectivity index (χ4v) is 5.04. The van der Waals surface area contributed by atoms with Crippen molar-refractivity contribution in [3.8, 4) is 0 Å². The number of nitrogens with one attached hydrogen (secondary N) is 1. The fourth-order valence-electron chi connectivity index (χ4n) is 3.46. The fraction of sp³-hybridized carbons (Fsp3) is 0.412. The minimum Gasteiger partial charge on any atom is -0.480 e. The number of carbonyl (C=O) groups is 4. The number of primary amides is 1. The molecule has 0 aromatic heterocycles. The van der Waals surface area contributed by atoms with E-state index in [-0.39, 0.29) is 11.3 Å². The van der Waals surface area contributed by atoms with E-state index in [1.165, 1.54) is 16.7 Å². The van der Waals surface area contributed by atoms with Gasteiger partial charge in [0, 0.05) is 10.3 Å². The number of aliphatic carboxylic acids is 1. The zero-order valence-corrected chi connectivity index (χ0v) is 15.1. The van der Waals surface area contributed by atoms with Crippen LogP contribution in [-0.2, 0) is 14.4 Å². The summed E-state index contributed by atoms with van der Waals surface area (Å²) < 4.78 is -0.631. The van der Waals surface area contributed by atoms with Crippen LogP contribution in [0.2, 0.25) is 0 Å². The number of nitrogens with two attached hydrogens (primary N) is 1. The molecule has 4 N–H and O–H groups in total. The molecule has 0 spiro atoms. The molecule has 3 rings (SSSR count). The van der Waals surface area contributed by atoms with Crippen LogP contribution in [0.1, 0.15) is 41.6 Å². The Morgan fingerprint density at radius 3 is 2.62 bits per heavy atom. The Hall–Kier alpha value is -2.55. The number of carbonyl (C=O) groups excluding carboxylic acids is 3. The van der Waals surface area contributed by atoms with Gasteiger partial charge in [-0.3, -0.25) is 14.4 Å². The Balaban J connectivity index is 1.89. The van der Waals surface area contributed by atoms with Crippen molar-refractivity contribution in [3.63, 3.8) is 0 Å². The van der Waals surface area contributed by atoms with E-state index >= 15 is 0 Å². The number of benzene rings is 1. The molecule has 9 heteroatoms. The average Bonchev–Trinajstić information content (AvgIpc) is 2.97. The first-order chi connectivity index (χ1) is 12.1. The molecule has 1 saturated heterocycles. The van der Waals surface area contributed by atoms with Crippen LogP contribution in [0, 0.1) is 0 Å². The molecule has 1 fully saturated rings. The Morgan fingerprint density at radius 2 is 2.00 bits per heavy atom. The molecule has 3 atom stereocenters. The summed E-state index contributed by atoms with van der Waals surface area (Å²) in [4.78, 5) is 49.6. The first-order valence-corrected chi connectivity index (χ1v) is 8.92. The van der Waals surface area contributed by atoms with Crippen LogP contribution in [-0.4, -0.2) is 50.5 Å². The highest BCUT2D eigenvalue weighted by molar-refractivity contribution is 8.01.